The van der Waals surface area contributed by atoms with E-state index in [1.165, 1.54) is 6.92 Å². The van der Waals surface area contributed by atoms with Crippen LogP contribution in [0.1, 0.15) is 23.7 Å². The van der Waals surface area contributed by atoms with E-state index in [2.05, 4.69) is 4.90 Å². The molecule has 0 saturated heterocycles. The summed E-state index contributed by atoms with van der Waals surface area (Å²) in [7, 11) is 0. The monoisotopic (exact) mass is 245 g/mol. The molecule has 4 nitrogen and oxygen atoms in total. The van der Waals surface area contributed by atoms with Gasteiger partial charge in [0.15, 0.2) is 5.78 Å². The third kappa shape index (κ3) is 2.59. The molecule has 4 heteroatoms. The van der Waals surface area contributed by atoms with Crippen molar-refractivity contribution < 1.29 is 14.7 Å². The van der Waals surface area contributed by atoms with Crippen LogP contribution in [0.2, 0.25) is 0 Å². The van der Waals surface area contributed by atoms with Gasteiger partial charge in [-0.25, -0.2) is 4.79 Å². The van der Waals surface area contributed by atoms with Gasteiger partial charge in [-0.1, -0.05) is 18.2 Å². The van der Waals surface area contributed by atoms with Gasteiger partial charge in [-0.3, -0.25) is 4.79 Å². The molecule has 0 unspecified atom stereocenters. The molecule has 0 spiro atoms. The maximum absolute atomic E-state index is 11.3. The number of hydrogen-bond donors (Lipinski definition) is 1. The molecule has 0 atom stereocenters. The van der Waals surface area contributed by atoms with Crippen LogP contribution in [0.3, 0.4) is 0 Å². The summed E-state index contributed by atoms with van der Waals surface area (Å²) in [6, 6.07) is 7.42. The molecule has 0 aliphatic carbocycles. The minimum atomic E-state index is -0.841. The highest BCUT2D eigenvalue weighted by molar-refractivity contribution is 5.95. The first-order valence-corrected chi connectivity index (χ1v) is 5.86. The fourth-order valence-corrected chi connectivity index (χ4v) is 2.02. The zero-order valence-electron chi connectivity index (χ0n) is 10.2. The lowest BCUT2D eigenvalue weighted by Gasteiger charge is -2.27. The second-order valence-corrected chi connectivity index (χ2v) is 4.34. The molecule has 0 fully saturated rings. The topological polar surface area (TPSA) is 57.6 Å². The summed E-state index contributed by atoms with van der Waals surface area (Å²) < 4.78 is 0. The van der Waals surface area contributed by atoms with Crippen LogP contribution in [0.25, 0.3) is 0 Å². The van der Waals surface area contributed by atoms with E-state index in [0.29, 0.717) is 30.6 Å². The van der Waals surface area contributed by atoms with Gasteiger partial charge in [0.1, 0.15) is 0 Å². The Bertz CT molecular complexity index is 520. The third-order valence-corrected chi connectivity index (χ3v) is 3.10. The Kier molecular flexibility index (Phi) is 3.46. The van der Waals surface area contributed by atoms with E-state index in [1.54, 1.807) is 12.1 Å². The summed E-state index contributed by atoms with van der Waals surface area (Å²) >= 11 is 0. The number of anilines is 1. The number of nitrogens with zero attached hydrogens (tertiary/aromatic N) is 1. The molecule has 0 bridgehead atoms. The van der Waals surface area contributed by atoms with Crippen molar-refractivity contribution in [2.24, 2.45) is 0 Å². The van der Waals surface area contributed by atoms with E-state index in [-0.39, 0.29) is 5.78 Å². The Hall–Kier alpha value is -2.10. The summed E-state index contributed by atoms with van der Waals surface area (Å²) in [6.07, 6.45) is 2.26. The SMILES string of the molecule is CC(=O)c1cccc(N2CC=C(C(=O)O)CC2)c1. The number of carboxylic acids is 1. The van der Waals surface area contributed by atoms with Gasteiger partial charge in [0, 0.05) is 29.9 Å². The molecule has 2 rings (SSSR count). The van der Waals surface area contributed by atoms with Gasteiger partial charge >= 0.3 is 5.97 Å². The molecule has 0 radical (unpaired) electrons. The first kappa shape index (κ1) is 12.4. The van der Waals surface area contributed by atoms with Crippen LogP contribution in [0.4, 0.5) is 5.69 Å². The number of ketones is 1. The summed E-state index contributed by atoms with van der Waals surface area (Å²) in [5, 5.41) is 8.88. The summed E-state index contributed by atoms with van der Waals surface area (Å²) in [6.45, 7) is 2.78. The average molecular weight is 245 g/mol. The molecule has 0 aromatic heterocycles. The van der Waals surface area contributed by atoms with Crippen LogP contribution in [0, 0.1) is 0 Å². The van der Waals surface area contributed by atoms with Crippen LogP contribution in [-0.2, 0) is 4.79 Å². The molecular formula is C14H15NO3. The number of carbonyl (C=O) groups is 2. The second kappa shape index (κ2) is 5.04. The minimum Gasteiger partial charge on any atom is -0.478 e. The van der Waals surface area contributed by atoms with Crippen LogP contribution < -0.4 is 4.90 Å². The number of Topliss-reactive ketones (excluding diaryl/α,β-unsaturated/α-hetero) is 1. The van der Waals surface area contributed by atoms with Crippen LogP contribution in [0.15, 0.2) is 35.9 Å². The van der Waals surface area contributed by atoms with Gasteiger partial charge in [0.25, 0.3) is 0 Å². The molecule has 18 heavy (non-hydrogen) atoms. The smallest absolute Gasteiger partial charge is 0.331 e. The first-order chi connectivity index (χ1) is 8.58. The second-order valence-electron chi connectivity index (χ2n) is 4.34. The van der Waals surface area contributed by atoms with Crippen molar-refractivity contribution in [3.8, 4) is 0 Å². The molecule has 94 valence electrons. The number of rotatable bonds is 3. The lowest BCUT2D eigenvalue weighted by atomic mass is 10.1. The maximum Gasteiger partial charge on any atom is 0.331 e. The lowest BCUT2D eigenvalue weighted by Crippen LogP contribution is -2.30. The number of hydrogen-bond acceptors (Lipinski definition) is 3. The Morgan fingerprint density at radius 2 is 2.11 bits per heavy atom. The molecule has 1 aromatic carbocycles. The summed E-state index contributed by atoms with van der Waals surface area (Å²) in [4.78, 5) is 24.2. The zero-order valence-corrected chi connectivity index (χ0v) is 10.2. The predicted molar refractivity (Wildman–Crippen MR) is 69.0 cm³/mol. The summed E-state index contributed by atoms with van der Waals surface area (Å²) in [5.74, 6) is -0.803. The number of carboxylic acid groups (broad SMARTS) is 1. The van der Waals surface area contributed by atoms with Crippen molar-refractivity contribution in [3.63, 3.8) is 0 Å². The Morgan fingerprint density at radius 1 is 1.33 bits per heavy atom. The van der Waals surface area contributed by atoms with Gasteiger partial charge in [-0.15, -0.1) is 0 Å². The maximum atomic E-state index is 11.3. The van der Waals surface area contributed by atoms with Crippen LogP contribution >= 0.6 is 0 Å². The normalized spacial score (nSPS) is 15.2. The highest BCUT2D eigenvalue weighted by atomic mass is 16.4. The minimum absolute atomic E-state index is 0.0376. The Labute approximate surface area is 106 Å². The van der Waals surface area contributed by atoms with Crippen molar-refractivity contribution in [1.82, 2.24) is 0 Å². The standard InChI is InChI=1S/C14H15NO3/c1-10(16)12-3-2-4-13(9-12)15-7-5-11(6-8-15)14(17)18/h2-5,9H,6-8H2,1H3,(H,17,18). The van der Waals surface area contributed by atoms with Gasteiger partial charge in [0.2, 0.25) is 0 Å². The van der Waals surface area contributed by atoms with Crippen molar-refractivity contribution in [2.75, 3.05) is 18.0 Å². The highest BCUT2D eigenvalue weighted by Crippen LogP contribution is 2.21. The Morgan fingerprint density at radius 3 is 2.67 bits per heavy atom. The fourth-order valence-electron chi connectivity index (χ4n) is 2.02. The van der Waals surface area contributed by atoms with Crippen molar-refractivity contribution in [1.29, 1.82) is 0 Å². The van der Waals surface area contributed by atoms with Gasteiger partial charge in [-0.2, -0.15) is 0 Å². The molecule has 1 aromatic rings. The van der Waals surface area contributed by atoms with E-state index in [9.17, 15) is 9.59 Å². The van der Waals surface area contributed by atoms with Crippen molar-refractivity contribution in [2.45, 2.75) is 13.3 Å². The molecule has 0 amide bonds. The number of carbonyl (C=O) groups excluding carboxylic acids is 1. The third-order valence-electron chi connectivity index (χ3n) is 3.10. The van der Waals surface area contributed by atoms with Gasteiger partial charge < -0.3 is 10.0 Å². The quantitative estimate of drug-likeness (QED) is 0.829. The van der Waals surface area contributed by atoms with E-state index in [1.807, 2.05) is 18.2 Å². The molecule has 1 heterocycles. The van der Waals surface area contributed by atoms with Gasteiger partial charge in [0.05, 0.1) is 0 Å². The molecule has 1 aliphatic heterocycles. The predicted octanol–water partition coefficient (Wildman–Crippen LogP) is 2.11. The molecule has 1 N–H and O–H groups in total. The van der Waals surface area contributed by atoms with E-state index in [0.717, 1.165) is 5.69 Å². The lowest BCUT2D eigenvalue weighted by molar-refractivity contribution is -0.132. The van der Waals surface area contributed by atoms with E-state index >= 15 is 0 Å². The summed E-state index contributed by atoms with van der Waals surface area (Å²) in [5.41, 5.74) is 2.11. The largest absolute Gasteiger partial charge is 0.478 e. The number of aliphatic carboxylic acids is 1. The van der Waals surface area contributed by atoms with E-state index in [4.69, 9.17) is 5.11 Å². The van der Waals surface area contributed by atoms with E-state index < -0.39 is 5.97 Å². The fraction of sp³-hybridized carbons (Fsp3) is 0.286. The van der Waals surface area contributed by atoms with Crippen molar-refractivity contribution in [3.05, 3.63) is 41.5 Å². The molecule has 0 saturated carbocycles. The van der Waals surface area contributed by atoms with Crippen molar-refractivity contribution >= 4 is 17.4 Å². The molecule has 1 aliphatic rings. The number of benzene rings is 1. The zero-order chi connectivity index (χ0) is 13.1. The Balaban J connectivity index is 2.17. The highest BCUT2D eigenvalue weighted by Gasteiger charge is 2.16. The van der Waals surface area contributed by atoms with Crippen LogP contribution in [0.5, 0.6) is 0 Å². The molecular weight excluding hydrogens is 230 g/mol. The average Bonchev–Trinajstić information content (AvgIpc) is 2.39. The van der Waals surface area contributed by atoms with Crippen LogP contribution in [-0.4, -0.2) is 29.9 Å². The first-order valence-electron chi connectivity index (χ1n) is 5.86. The van der Waals surface area contributed by atoms with Gasteiger partial charge in [-0.05, 0) is 25.5 Å².